The lowest BCUT2D eigenvalue weighted by molar-refractivity contribution is -0.384. The Hall–Kier alpha value is -2.90. The summed E-state index contributed by atoms with van der Waals surface area (Å²) in [5.41, 5.74) is 0.126. The number of nitrogens with one attached hydrogen (secondary N) is 1. The molecular formula is C11H9N3O5. The summed E-state index contributed by atoms with van der Waals surface area (Å²) in [6.45, 7) is 0.137. The number of carboxylic acids is 1. The van der Waals surface area contributed by atoms with Crippen LogP contribution >= 0.6 is 0 Å². The molecule has 0 bridgehead atoms. The third-order valence-corrected chi connectivity index (χ3v) is 2.32. The molecule has 0 aliphatic carbocycles. The zero-order chi connectivity index (χ0) is 13.8. The van der Waals surface area contributed by atoms with E-state index in [4.69, 9.17) is 9.52 Å². The second kappa shape index (κ2) is 5.17. The Morgan fingerprint density at radius 2 is 2.26 bits per heavy atom. The van der Waals surface area contributed by atoms with Gasteiger partial charge in [-0.1, -0.05) is 0 Å². The van der Waals surface area contributed by atoms with Crippen LogP contribution in [0.15, 0.2) is 35.0 Å². The first-order valence-electron chi connectivity index (χ1n) is 5.22. The van der Waals surface area contributed by atoms with Crippen molar-refractivity contribution in [3.63, 3.8) is 0 Å². The van der Waals surface area contributed by atoms with Crippen LogP contribution in [0.4, 0.5) is 11.4 Å². The van der Waals surface area contributed by atoms with E-state index in [0.29, 0.717) is 5.76 Å². The molecular weight excluding hydrogens is 254 g/mol. The zero-order valence-corrected chi connectivity index (χ0v) is 9.57. The molecule has 2 rings (SSSR count). The van der Waals surface area contributed by atoms with E-state index in [1.807, 2.05) is 0 Å². The Kier molecular flexibility index (Phi) is 3.42. The summed E-state index contributed by atoms with van der Waals surface area (Å²) >= 11 is 0. The van der Waals surface area contributed by atoms with Crippen molar-refractivity contribution >= 4 is 17.3 Å². The molecule has 0 aliphatic rings. The number of hydrogen-bond donors (Lipinski definition) is 2. The van der Waals surface area contributed by atoms with Gasteiger partial charge in [-0.15, -0.1) is 0 Å². The van der Waals surface area contributed by atoms with Gasteiger partial charge in [0, 0.05) is 6.20 Å². The molecule has 2 aromatic rings. The van der Waals surface area contributed by atoms with E-state index in [9.17, 15) is 14.9 Å². The molecule has 0 aromatic carbocycles. The van der Waals surface area contributed by atoms with E-state index in [1.54, 1.807) is 0 Å². The molecule has 0 atom stereocenters. The first-order valence-corrected chi connectivity index (χ1v) is 5.22. The second-order valence-electron chi connectivity index (χ2n) is 3.57. The summed E-state index contributed by atoms with van der Waals surface area (Å²) < 4.78 is 5.02. The molecule has 0 radical (unpaired) electrons. The van der Waals surface area contributed by atoms with Crippen LogP contribution in [0.1, 0.15) is 16.3 Å². The number of carboxylic acid groups (broad SMARTS) is 1. The quantitative estimate of drug-likeness (QED) is 0.624. The van der Waals surface area contributed by atoms with Gasteiger partial charge in [0.05, 0.1) is 11.5 Å². The molecule has 98 valence electrons. The largest absolute Gasteiger partial charge is 0.475 e. The molecule has 0 amide bonds. The maximum atomic E-state index is 10.8. The lowest BCUT2D eigenvalue weighted by atomic mass is 10.3. The summed E-state index contributed by atoms with van der Waals surface area (Å²) in [4.78, 5) is 24.5. The Bertz CT molecular complexity index is 622. The van der Waals surface area contributed by atoms with Crippen molar-refractivity contribution in [3.05, 3.63) is 52.2 Å². The monoisotopic (exact) mass is 263 g/mol. The summed E-state index contributed by atoms with van der Waals surface area (Å²) in [5, 5.41) is 22.2. The number of aromatic nitrogens is 1. The van der Waals surface area contributed by atoms with Crippen molar-refractivity contribution in [2.75, 3.05) is 5.32 Å². The van der Waals surface area contributed by atoms with Crippen molar-refractivity contribution in [2.24, 2.45) is 0 Å². The van der Waals surface area contributed by atoms with Crippen molar-refractivity contribution < 1.29 is 19.2 Å². The predicted octanol–water partition coefficient (Wildman–Crippen LogP) is 1.89. The molecule has 8 heteroatoms. The number of nitro groups is 1. The van der Waals surface area contributed by atoms with Crippen LogP contribution in [0.2, 0.25) is 0 Å². The minimum atomic E-state index is -1.17. The smallest absolute Gasteiger partial charge is 0.371 e. The van der Waals surface area contributed by atoms with Crippen LogP contribution in [-0.2, 0) is 6.54 Å². The van der Waals surface area contributed by atoms with Gasteiger partial charge in [-0.3, -0.25) is 15.1 Å². The Morgan fingerprint density at radius 3 is 2.89 bits per heavy atom. The Labute approximate surface area is 106 Å². The van der Waals surface area contributed by atoms with Gasteiger partial charge in [0.25, 0.3) is 0 Å². The predicted molar refractivity (Wildman–Crippen MR) is 63.9 cm³/mol. The number of rotatable bonds is 5. The van der Waals surface area contributed by atoms with Crippen LogP contribution in [0.3, 0.4) is 0 Å². The summed E-state index contributed by atoms with van der Waals surface area (Å²) in [6, 6.07) is 4.27. The topological polar surface area (TPSA) is 119 Å². The van der Waals surface area contributed by atoms with E-state index in [1.165, 1.54) is 24.4 Å². The number of nitrogens with zero attached hydrogens (tertiary/aromatic N) is 2. The van der Waals surface area contributed by atoms with E-state index in [0.717, 1.165) is 6.20 Å². The maximum Gasteiger partial charge on any atom is 0.371 e. The number of hydrogen-bond acceptors (Lipinski definition) is 6. The molecule has 0 saturated carbocycles. The fraction of sp³-hybridized carbons (Fsp3) is 0.0909. The number of carbonyl (C=O) groups is 1. The van der Waals surface area contributed by atoms with E-state index in [-0.39, 0.29) is 23.7 Å². The van der Waals surface area contributed by atoms with E-state index < -0.39 is 10.9 Å². The first kappa shape index (κ1) is 12.6. The van der Waals surface area contributed by atoms with Crippen LogP contribution in [0.25, 0.3) is 0 Å². The van der Waals surface area contributed by atoms with Crippen molar-refractivity contribution in [1.29, 1.82) is 0 Å². The highest BCUT2D eigenvalue weighted by Gasteiger charge is 2.14. The average Bonchev–Trinajstić information content (AvgIpc) is 2.85. The molecule has 0 saturated heterocycles. The number of pyridine rings is 1. The van der Waals surface area contributed by atoms with Gasteiger partial charge in [-0.05, 0) is 18.2 Å². The molecule has 0 spiro atoms. The van der Waals surface area contributed by atoms with Crippen LogP contribution < -0.4 is 5.32 Å². The van der Waals surface area contributed by atoms with Crippen LogP contribution in [-0.4, -0.2) is 21.0 Å². The highest BCUT2D eigenvalue weighted by molar-refractivity contribution is 5.84. The highest BCUT2D eigenvalue weighted by Crippen LogP contribution is 2.22. The van der Waals surface area contributed by atoms with Crippen molar-refractivity contribution in [1.82, 2.24) is 4.98 Å². The molecule has 2 heterocycles. The Morgan fingerprint density at radius 1 is 1.47 bits per heavy atom. The lowest BCUT2D eigenvalue weighted by Crippen LogP contribution is -2.02. The molecule has 0 unspecified atom stereocenters. The van der Waals surface area contributed by atoms with Crippen molar-refractivity contribution in [3.8, 4) is 0 Å². The average molecular weight is 263 g/mol. The third kappa shape index (κ3) is 2.86. The molecule has 2 N–H and O–H groups in total. The summed E-state index contributed by atoms with van der Waals surface area (Å²) in [5.74, 6) is -0.981. The first-order chi connectivity index (χ1) is 9.08. The fourth-order valence-corrected chi connectivity index (χ4v) is 1.45. The van der Waals surface area contributed by atoms with Gasteiger partial charge in [-0.25, -0.2) is 4.79 Å². The van der Waals surface area contributed by atoms with E-state index >= 15 is 0 Å². The maximum absolute atomic E-state index is 10.8. The fourth-order valence-electron chi connectivity index (χ4n) is 1.45. The van der Waals surface area contributed by atoms with Gasteiger partial charge in [0.15, 0.2) is 0 Å². The normalized spacial score (nSPS) is 10.1. The third-order valence-electron chi connectivity index (χ3n) is 2.32. The van der Waals surface area contributed by atoms with Crippen LogP contribution in [0.5, 0.6) is 0 Å². The standard InChI is InChI=1S/C11H9N3O5/c15-11(16)10-2-1-7(19-10)5-13-8-3-4-12-6-9(8)14(17)18/h1-4,6H,5H2,(H,12,13)(H,15,16). The van der Waals surface area contributed by atoms with Crippen LogP contribution in [0, 0.1) is 10.1 Å². The van der Waals surface area contributed by atoms with Gasteiger partial charge in [0.2, 0.25) is 5.76 Å². The van der Waals surface area contributed by atoms with Gasteiger partial charge in [-0.2, -0.15) is 0 Å². The minimum Gasteiger partial charge on any atom is -0.475 e. The number of aromatic carboxylic acids is 1. The molecule has 8 nitrogen and oxygen atoms in total. The van der Waals surface area contributed by atoms with Crippen molar-refractivity contribution in [2.45, 2.75) is 6.54 Å². The lowest BCUT2D eigenvalue weighted by Gasteiger charge is -2.04. The van der Waals surface area contributed by atoms with Gasteiger partial charge < -0.3 is 14.8 Å². The van der Waals surface area contributed by atoms with E-state index in [2.05, 4.69) is 10.3 Å². The molecule has 19 heavy (non-hydrogen) atoms. The molecule has 2 aromatic heterocycles. The van der Waals surface area contributed by atoms with Gasteiger partial charge >= 0.3 is 11.7 Å². The molecule has 0 fully saturated rings. The summed E-state index contributed by atoms with van der Waals surface area (Å²) in [7, 11) is 0. The molecule has 0 aliphatic heterocycles. The highest BCUT2D eigenvalue weighted by atomic mass is 16.6. The number of furan rings is 1. The minimum absolute atomic E-state index is 0.137. The zero-order valence-electron chi connectivity index (χ0n) is 9.57. The number of anilines is 1. The SMILES string of the molecule is O=C(O)c1ccc(CNc2ccncc2[N+](=O)[O-])o1. The Balaban J connectivity index is 2.10. The van der Waals surface area contributed by atoms with Gasteiger partial charge in [0.1, 0.15) is 17.6 Å². The second-order valence-corrected chi connectivity index (χ2v) is 3.57. The summed E-state index contributed by atoms with van der Waals surface area (Å²) in [6.07, 6.45) is 2.55.